The molecule has 2 saturated heterocycles. The number of nitrogens with zero attached hydrogens (tertiary/aromatic N) is 2. The average molecular weight is 598 g/mol. The highest BCUT2D eigenvalue weighted by molar-refractivity contribution is 7.89. The number of sulfonamides is 1. The summed E-state index contributed by atoms with van der Waals surface area (Å²) in [6.45, 7) is 0.422. The lowest BCUT2D eigenvalue weighted by Crippen LogP contribution is -2.59. The van der Waals surface area contributed by atoms with Gasteiger partial charge in [0.05, 0.1) is 26.2 Å². The van der Waals surface area contributed by atoms with Gasteiger partial charge in [-0.1, -0.05) is 18.2 Å². The molecule has 3 aliphatic heterocycles. The molecule has 0 aliphatic carbocycles. The van der Waals surface area contributed by atoms with Gasteiger partial charge in [0.15, 0.2) is 0 Å². The van der Waals surface area contributed by atoms with Gasteiger partial charge in [-0.05, 0) is 48.2 Å². The zero-order valence-electron chi connectivity index (χ0n) is 22.7. The minimum absolute atomic E-state index is 0.0586. The lowest BCUT2D eigenvalue weighted by atomic mass is 9.84. The van der Waals surface area contributed by atoms with Crippen molar-refractivity contribution in [1.29, 1.82) is 0 Å². The van der Waals surface area contributed by atoms with Crippen molar-refractivity contribution >= 4 is 15.9 Å². The number of ether oxygens (including phenoxy) is 2. The first-order valence-corrected chi connectivity index (χ1v) is 15.1. The van der Waals surface area contributed by atoms with Gasteiger partial charge in [-0.2, -0.15) is 17.5 Å². The first-order valence-electron chi connectivity index (χ1n) is 13.6. The van der Waals surface area contributed by atoms with Gasteiger partial charge in [0, 0.05) is 44.6 Å². The number of aliphatic hydroxyl groups excluding tert-OH is 1. The zero-order valence-corrected chi connectivity index (χ0v) is 23.5. The minimum atomic E-state index is -4.25. The number of alkyl halides is 3. The molecule has 1 amide bonds. The lowest BCUT2D eigenvalue weighted by molar-refractivity contribution is -0.139. The predicted octanol–water partition coefficient (Wildman–Crippen LogP) is 3.17. The summed E-state index contributed by atoms with van der Waals surface area (Å²) in [6.07, 6.45) is -5.13. The van der Waals surface area contributed by atoms with E-state index in [2.05, 4.69) is 5.32 Å². The Bertz CT molecular complexity index is 1380. The second-order valence-corrected chi connectivity index (χ2v) is 12.8. The first kappa shape index (κ1) is 29.6. The van der Waals surface area contributed by atoms with Crippen LogP contribution in [-0.4, -0.2) is 92.4 Å². The van der Waals surface area contributed by atoms with Gasteiger partial charge >= 0.3 is 6.18 Å². The van der Waals surface area contributed by atoms with E-state index in [4.69, 9.17) is 9.47 Å². The van der Waals surface area contributed by atoms with Crippen LogP contribution in [0.4, 0.5) is 13.2 Å². The van der Waals surface area contributed by atoms with Gasteiger partial charge < -0.3 is 24.8 Å². The number of nitrogens with one attached hydrogen (secondary N) is 1. The molecule has 0 unspecified atom stereocenters. The highest BCUT2D eigenvalue weighted by Crippen LogP contribution is 2.38. The molecule has 0 bridgehead atoms. The van der Waals surface area contributed by atoms with Crippen LogP contribution < -0.4 is 14.8 Å². The molecule has 3 aliphatic rings. The molecular weight excluding hydrogens is 563 g/mol. The molecule has 0 saturated carbocycles. The molecule has 13 heteroatoms. The number of hydrogen-bond donors (Lipinski definition) is 2. The Morgan fingerprint density at radius 2 is 1.85 bits per heavy atom. The summed E-state index contributed by atoms with van der Waals surface area (Å²) in [5, 5.41) is 13.4. The molecule has 5 rings (SSSR count). The fraction of sp³-hybridized carbons (Fsp3) is 0.536. The van der Waals surface area contributed by atoms with Crippen LogP contribution >= 0.6 is 0 Å². The number of carbonyl (C=O) groups is 1. The largest absolute Gasteiger partial charge is 0.497 e. The number of amides is 1. The Morgan fingerprint density at radius 1 is 1.12 bits per heavy atom. The van der Waals surface area contributed by atoms with Crippen molar-refractivity contribution in [3.05, 3.63) is 42.5 Å². The summed E-state index contributed by atoms with van der Waals surface area (Å²) in [5.41, 5.74) is 0.702. The predicted molar refractivity (Wildman–Crippen MR) is 144 cm³/mol. The molecule has 2 N–H and O–H groups in total. The number of fused-ring (bicyclic) bond motifs is 2. The molecule has 3 heterocycles. The van der Waals surface area contributed by atoms with Crippen LogP contribution in [0.3, 0.4) is 0 Å². The Balaban J connectivity index is 1.47. The molecule has 0 radical (unpaired) electrons. The van der Waals surface area contributed by atoms with Crippen LogP contribution in [0, 0.1) is 0 Å². The third-order valence-corrected chi connectivity index (χ3v) is 10.1. The van der Waals surface area contributed by atoms with E-state index in [1.54, 1.807) is 30.2 Å². The van der Waals surface area contributed by atoms with E-state index >= 15 is 0 Å². The minimum Gasteiger partial charge on any atom is -0.497 e. The van der Waals surface area contributed by atoms with Gasteiger partial charge in [0.25, 0.3) is 0 Å². The number of rotatable bonds is 4. The maximum atomic E-state index is 13.9. The third-order valence-electron chi connectivity index (χ3n) is 8.22. The van der Waals surface area contributed by atoms with Crippen molar-refractivity contribution in [3.8, 4) is 22.6 Å². The van der Waals surface area contributed by atoms with Gasteiger partial charge in [-0.15, -0.1) is 0 Å². The number of likely N-dealkylation sites (tertiary alicyclic amines) is 1. The SMILES string of the molecule is COc1cccc(-c2ccc3c(c2)OCCC2(CCN(CCC(F)(F)F)CC2)NC(=O)[C@@H]2C[C@@H](O)CN2S3(=O)=O)c1. The van der Waals surface area contributed by atoms with Gasteiger partial charge in [0.1, 0.15) is 22.4 Å². The van der Waals surface area contributed by atoms with Crippen molar-refractivity contribution in [2.45, 2.75) is 60.9 Å². The molecule has 2 aromatic carbocycles. The molecule has 2 fully saturated rings. The Labute approximate surface area is 237 Å². The lowest BCUT2D eigenvalue weighted by Gasteiger charge is -2.43. The summed E-state index contributed by atoms with van der Waals surface area (Å²) >= 11 is 0. The van der Waals surface area contributed by atoms with Crippen LogP contribution in [0.25, 0.3) is 11.1 Å². The molecule has 2 aromatic rings. The van der Waals surface area contributed by atoms with E-state index in [0.29, 0.717) is 43.7 Å². The van der Waals surface area contributed by atoms with E-state index in [1.807, 2.05) is 18.2 Å². The summed E-state index contributed by atoms with van der Waals surface area (Å²) in [4.78, 5) is 15.2. The number of aliphatic hydroxyl groups is 1. The Kier molecular flexibility index (Phi) is 8.25. The summed E-state index contributed by atoms with van der Waals surface area (Å²) < 4.78 is 78.5. The average Bonchev–Trinajstić information content (AvgIpc) is 3.34. The fourth-order valence-corrected chi connectivity index (χ4v) is 7.61. The van der Waals surface area contributed by atoms with Crippen LogP contribution in [0.15, 0.2) is 47.4 Å². The maximum absolute atomic E-state index is 13.9. The quantitative estimate of drug-likeness (QED) is 0.558. The zero-order chi connectivity index (χ0) is 29.4. The monoisotopic (exact) mass is 597 g/mol. The number of piperidine rings is 1. The number of benzene rings is 2. The van der Waals surface area contributed by atoms with Crippen LogP contribution in [-0.2, 0) is 14.8 Å². The summed E-state index contributed by atoms with van der Waals surface area (Å²) in [6, 6.07) is 10.9. The standard InChI is InChI=1S/C28H34F3N3O6S/c1-39-22-4-2-3-19(15-22)20-5-6-25-24(16-20)40-14-10-27(7-11-33(12-8-27)13-9-28(29,30)31)32-26(36)23-17-21(35)18-34(23)41(25,37)38/h2-6,15-16,21,23,35H,7-14,17-18H2,1H3,(H,32,36)/t21-,23+/m1/s1. The number of methoxy groups -OCH3 is 1. The van der Waals surface area contributed by atoms with E-state index < -0.39 is 46.2 Å². The van der Waals surface area contributed by atoms with Gasteiger partial charge in [-0.3, -0.25) is 4.79 Å². The van der Waals surface area contributed by atoms with Crippen molar-refractivity contribution in [1.82, 2.24) is 14.5 Å². The van der Waals surface area contributed by atoms with Crippen molar-refractivity contribution in [2.75, 3.05) is 39.9 Å². The van der Waals surface area contributed by atoms with Crippen LogP contribution in [0.5, 0.6) is 11.5 Å². The molecule has 2 atom stereocenters. The first-order chi connectivity index (χ1) is 19.4. The van der Waals surface area contributed by atoms with Gasteiger partial charge in [-0.25, -0.2) is 8.42 Å². The second kappa shape index (κ2) is 11.4. The second-order valence-electron chi connectivity index (χ2n) is 10.9. The highest BCUT2D eigenvalue weighted by atomic mass is 32.2. The molecule has 41 heavy (non-hydrogen) atoms. The fourth-order valence-electron chi connectivity index (χ4n) is 5.86. The molecule has 9 nitrogen and oxygen atoms in total. The summed E-state index contributed by atoms with van der Waals surface area (Å²) in [7, 11) is -2.68. The van der Waals surface area contributed by atoms with Crippen molar-refractivity contribution < 1.29 is 41.0 Å². The smallest absolute Gasteiger partial charge is 0.390 e. The highest BCUT2D eigenvalue weighted by Gasteiger charge is 2.47. The molecule has 224 valence electrons. The van der Waals surface area contributed by atoms with E-state index in [0.717, 1.165) is 9.87 Å². The topological polar surface area (TPSA) is 108 Å². The number of halogens is 3. The molecule has 1 spiro atoms. The number of carbonyl (C=O) groups excluding carboxylic acids is 1. The van der Waals surface area contributed by atoms with E-state index in [-0.39, 0.29) is 36.8 Å². The van der Waals surface area contributed by atoms with Crippen LogP contribution in [0.2, 0.25) is 0 Å². The van der Waals surface area contributed by atoms with E-state index in [1.165, 1.54) is 6.07 Å². The number of hydrogen-bond acceptors (Lipinski definition) is 7. The molecular formula is C28H34F3N3O6S. The maximum Gasteiger partial charge on any atom is 0.390 e. The summed E-state index contributed by atoms with van der Waals surface area (Å²) in [5.74, 6) is 0.234. The van der Waals surface area contributed by atoms with Crippen molar-refractivity contribution in [3.63, 3.8) is 0 Å². The van der Waals surface area contributed by atoms with E-state index in [9.17, 15) is 31.5 Å². The normalized spacial score (nSPS) is 25.0. The molecule has 0 aromatic heterocycles. The Hall–Kier alpha value is -2.87. The van der Waals surface area contributed by atoms with Gasteiger partial charge in [0.2, 0.25) is 15.9 Å². The van der Waals surface area contributed by atoms with Crippen LogP contribution in [0.1, 0.15) is 32.1 Å². The van der Waals surface area contributed by atoms with Crippen molar-refractivity contribution in [2.24, 2.45) is 0 Å². The Morgan fingerprint density at radius 3 is 2.56 bits per heavy atom. The third kappa shape index (κ3) is 6.47.